The minimum absolute atomic E-state index is 0.441. The van der Waals surface area contributed by atoms with E-state index in [0.717, 1.165) is 54.5 Å². The van der Waals surface area contributed by atoms with Crippen LogP contribution in [0.25, 0.3) is 12.2 Å². The first-order chi connectivity index (χ1) is 14.2. The molecule has 0 radical (unpaired) electrons. The Kier molecular flexibility index (Phi) is 4.97. The molecule has 5 rings (SSSR count). The number of likely N-dealkylation sites (tertiary alicyclic amines) is 1. The Morgan fingerprint density at radius 2 is 1.97 bits per heavy atom. The van der Waals surface area contributed by atoms with Gasteiger partial charge in [0.05, 0.1) is 19.4 Å². The summed E-state index contributed by atoms with van der Waals surface area (Å²) in [7, 11) is 1.58. The number of hydrogen-bond acceptors (Lipinski definition) is 6. The maximum absolute atomic E-state index is 6.37. The van der Waals surface area contributed by atoms with Crippen molar-refractivity contribution in [2.24, 2.45) is 0 Å². The molecule has 1 saturated carbocycles. The van der Waals surface area contributed by atoms with Crippen molar-refractivity contribution >= 4 is 12.2 Å². The number of nitrogens with zero attached hydrogens (tertiary/aromatic N) is 3. The van der Waals surface area contributed by atoms with Crippen molar-refractivity contribution in [3.63, 3.8) is 0 Å². The molecule has 1 aromatic heterocycles. The Bertz CT molecular complexity index is 885. The molecule has 2 aromatic rings. The first-order valence-electron chi connectivity index (χ1n) is 10.5. The van der Waals surface area contributed by atoms with Gasteiger partial charge < -0.3 is 14.2 Å². The number of aromatic nitrogens is 2. The molecular formula is C23H27N3O3. The maximum atomic E-state index is 6.37. The van der Waals surface area contributed by atoms with Crippen molar-refractivity contribution in [2.45, 2.75) is 50.5 Å². The van der Waals surface area contributed by atoms with Crippen LogP contribution in [0.15, 0.2) is 30.3 Å². The first-order valence-corrected chi connectivity index (χ1v) is 10.5. The Morgan fingerprint density at radius 1 is 1.10 bits per heavy atom. The average molecular weight is 393 g/mol. The maximum Gasteiger partial charge on any atom is 0.233 e. The van der Waals surface area contributed by atoms with Gasteiger partial charge in [0.25, 0.3) is 0 Å². The van der Waals surface area contributed by atoms with Crippen LogP contribution in [-0.2, 0) is 11.3 Å². The molecule has 1 saturated heterocycles. The monoisotopic (exact) mass is 393 g/mol. The summed E-state index contributed by atoms with van der Waals surface area (Å²) < 4.78 is 17.7. The quantitative estimate of drug-likeness (QED) is 0.785. The highest BCUT2D eigenvalue weighted by atomic mass is 16.7. The van der Waals surface area contributed by atoms with E-state index in [9.17, 15) is 0 Å². The third-order valence-electron chi connectivity index (χ3n) is 6.34. The molecule has 1 spiro atoms. The Hall–Kier alpha value is -2.44. The third-order valence-corrected chi connectivity index (χ3v) is 6.34. The number of fused-ring (bicyclic) bond motifs is 1. The summed E-state index contributed by atoms with van der Waals surface area (Å²) in [6.45, 7) is 2.75. The Morgan fingerprint density at radius 3 is 2.66 bits per heavy atom. The minimum Gasteiger partial charge on any atom is -0.480 e. The number of ether oxygens (including phenoxy) is 3. The number of hydrogen-bond donors (Lipinski definition) is 0. The van der Waals surface area contributed by atoms with Crippen molar-refractivity contribution in [3.8, 4) is 11.6 Å². The van der Waals surface area contributed by atoms with Crippen molar-refractivity contribution in [2.75, 3.05) is 20.2 Å². The summed E-state index contributed by atoms with van der Waals surface area (Å²) in [5, 5.41) is 8.11. The van der Waals surface area contributed by atoms with E-state index in [1.807, 2.05) is 18.2 Å². The Balaban J connectivity index is 1.24. The molecule has 6 nitrogen and oxygen atoms in total. The van der Waals surface area contributed by atoms with Gasteiger partial charge >= 0.3 is 0 Å². The second-order valence-electron chi connectivity index (χ2n) is 8.12. The molecular weight excluding hydrogens is 366 g/mol. The zero-order chi connectivity index (χ0) is 19.7. The molecule has 2 fully saturated rings. The topological polar surface area (TPSA) is 56.7 Å². The molecule has 3 aliphatic rings. The minimum atomic E-state index is -0.441. The summed E-state index contributed by atoms with van der Waals surface area (Å²) in [6.07, 6.45) is 9.95. The van der Waals surface area contributed by atoms with E-state index in [0.29, 0.717) is 12.5 Å². The van der Waals surface area contributed by atoms with Crippen molar-refractivity contribution in [3.05, 3.63) is 47.2 Å². The molecule has 1 aromatic carbocycles. The van der Waals surface area contributed by atoms with Gasteiger partial charge in [-0.1, -0.05) is 18.6 Å². The summed E-state index contributed by atoms with van der Waals surface area (Å²) in [5.41, 5.74) is 2.97. The van der Waals surface area contributed by atoms with Crippen LogP contribution in [0.2, 0.25) is 0 Å². The summed E-state index contributed by atoms with van der Waals surface area (Å²) >= 11 is 0. The largest absolute Gasteiger partial charge is 0.480 e. The molecule has 0 amide bonds. The predicted octanol–water partition coefficient (Wildman–Crippen LogP) is 3.91. The first kappa shape index (κ1) is 18.6. The highest BCUT2D eigenvalue weighted by Crippen LogP contribution is 2.39. The van der Waals surface area contributed by atoms with Crippen LogP contribution in [0.3, 0.4) is 0 Å². The van der Waals surface area contributed by atoms with E-state index in [-0.39, 0.29) is 0 Å². The van der Waals surface area contributed by atoms with Gasteiger partial charge in [-0.25, -0.2) is 0 Å². The fourth-order valence-corrected chi connectivity index (χ4v) is 4.29. The summed E-state index contributed by atoms with van der Waals surface area (Å²) in [4.78, 5) is 2.62. The van der Waals surface area contributed by atoms with Crippen LogP contribution >= 0.6 is 0 Å². The van der Waals surface area contributed by atoms with Gasteiger partial charge in [-0.15, -0.1) is 10.2 Å². The van der Waals surface area contributed by atoms with Crippen LogP contribution in [0.5, 0.6) is 11.6 Å². The van der Waals surface area contributed by atoms with Gasteiger partial charge in [-0.2, -0.15) is 0 Å². The number of rotatable bonds is 4. The zero-order valence-corrected chi connectivity index (χ0v) is 16.8. The van der Waals surface area contributed by atoms with Gasteiger partial charge in [0.1, 0.15) is 5.75 Å². The van der Waals surface area contributed by atoms with Crippen molar-refractivity contribution in [1.82, 2.24) is 15.1 Å². The van der Waals surface area contributed by atoms with Gasteiger partial charge in [-0.3, -0.25) is 4.90 Å². The molecule has 0 N–H and O–H groups in total. The lowest BCUT2D eigenvalue weighted by atomic mass is 9.89. The molecule has 29 heavy (non-hydrogen) atoms. The number of methoxy groups -OCH3 is 1. The van der Waals surface area contributed by atoms with Gasteiger partial charge in [0.2, 0.25) is 11.7 Å². The van der Waals surface area contributed by atoms with E-state index >= 15 is 0 Å². The van der Waals surface area contributed by atoms with Gasteiger partial charge in [0.15, 0.2) is 0 Å². The fourth-order valence-electron chi connectivity index (χ4n) is 4.29. The van der Waals surface area contributed by atoms with E-state index < -0.39 is 5.79 Å². The van der Waals surface area contributed by atoms with Crippen LogP contribution in [-0.4, -0.2) is 47.1 Å². The molecule has 2 aliphatic heterocycles. The smallest absolute Gasteiger partial charge is 0.233 e. The molecule has 1 aliphatic carbocycles. The molecule has 0 bridgehead atoms. The van der Waals surface area contributed by atoms with Gasteiger partial charge in [0, 0.05) is 43.6 Å². The second-order valence-corrected chi connectivity index (χ2v) is 8.12. The normalized spacial score (nSPS) is 21.6. The second kappa shape index (κ2) is 7.76. The van der Waals surface area contributed by atoms with Crippen LogP contribution < -0.4 is 9.47 Å². The van der Waals surface area contributed by atoms with Gasteiger partial charge in [-0.05, 0) is 42.7 Å². The van der Waals surface area contributed by atoms with E-state index in [1.54, 1.807) is 13.2 Å². The fraction of sp³-hybridized carbons (Fsp3) is 0.478. The number of piperidine rings is 1. The van der Waals surface area contributed by atoms with Crippen LogP contribution in [0.1, 0.15) is 48.9 Å². The van der Waals surface area contributed by atoms with Crippen molar-refractivity contribution < 1.29 is 14.2 Å². The zero-order valence-electron chi connectivity index (χ0n) is 16.8. The average Bonchev–Trinajstić information content (AvgIpc) is 2.73. The standard InChI is InChI=1S/C23H27N3O3/c1-27-22-10-8-19(24-25-22)7-5-17-6-9-21-18(15-17)16-28-23(29-21)11-13-26(14-12-23)20-3-2-4-20/h5-10,15,20H,2-4,11-14,16H2,1H3. The van der Waals surface area contributed by atoms with Crippen LogP contribution in [0, 0.1) is 0 Å². The Labute approximate surface area is 171 Å². The molecule has 3 heterocycles. The highest BCUT2D eigenvalue weighted by molar-refractivity contribution is 5.68. The number of benzene rings is 1. The summed E-state index contributed by atoms with van der Waals surface area (Å²) in [5.74, 6) is 1.02. The third kappa shape index (κ3) is 3.87. The van der Waals surface area contributed by atoms with E-state index in [1.165, 1.54) is 19.3 Å². The lowest BCUT2D eigenvalue weighted by molar-refractivity contribution is -0.231. The van der Waals surface area contributed by atoms with Crippen molar-refractivity contribution in [1.29, 1.82) is 0 Å². The lowest BCUT2D eigenvalue weighted by Crippen LogP contribution is -2.54. The highest BCUT2D eigenvalue weighted by Gasteiger charge is 2.42. The molecule has 152 valence electrons. The SMILES string of the molecule is COc1ccc(C=Cc2ccc3c(c2)COC2(CCN(C4CCC4)CC2)O3)nn1. The predicted molar refractivity (Wildman–Crippen MR) is 111 cm³/mol. The molecule has 6 heteroatoms. The lowest BCUT2D eigenvalue weighted by Gasteiger charge is -2.47. The van der Waals surface area contributed by atoms with E-state index in [2.05, 4.69) is 33.3 Å². The van der Waals surface area contributed by atoms with E-state index in [4.69, 9.17) is 14.2 Å². The summed E-state index contributed by atoms with van der Waals surface area (Å²) in [6, 6.07) is 10.8. The molecule has 0 atom stereocenters. The molecule has 0 unspecified atom stereocenters. The van der Waals surface area contributed by atoms with Crippen LogP contribution in [0.4, 0.5) is 0 Å².